The summed E-state index contributed by atoms with van der Waals surface area (Å²) in [6, 6.07) is 76.8. The molecule has 3 heteroatoms. The molecule has 0 unspecified atom stereocenters. The first-order valence-electron chi connectivity index (χ1n) is 18.9. The minimum Gasteiger partial charge on any atom is -0.310 e. The minimum absolute atomic E-state index is 1.11. The molecular weight excluding hydrogens is 667 g/mol. The Morgan fingerprint density at radius 1 is 0.327 bits per heavy atom. The third-order valence-corrected chi connectivity index (χ3v) is 11.1. The second-order valence-electron chi connectivity index (χ2n) is 14.2. The monoisotopic (exact) mass is 701 g/mol. The van der Waals surface area contributed by atoms with Gasteiger partial charge < -0.3 is 14.0 Å². The Kier molecular flexibility index (Phi) is 7.17. The largest absolute Gasteiger partial charge is 0.310 e. The second kappa shape index (κ2) is 12.6. The van der Waals surface area contributed by atoms with Crippen LogP contribution in [-0.4, -0.2) is 9.13 Å². The molecule has 258 valence electrons. The zero-order valence-electron chi connectivity index (χ0n) is 30.0. The van der Waals surface area contributed by atoms with Gasteiger partial charge in [0.2, 0.25) is 0 Å². The van der Waals surface area contributed by atoms with Gasteiger partial charge in [-0.25, -0.2) is 0 Å². The summed E-state index contributed by atoms with van der Waals surface area (Å²) in [5.74, 6) is 0. The van der Waals surface area contributed by atoms with Crippen LogP contribution in [0.3, 0.4) is 0 Å². The summed E-state index contributed by atoms with van der Waals surface area (Å²) in [6.45, 7) is 0. The number of para-hydroxylation sites is 4. The molecule has 0 saturated carbocycles. The highest BCUT2D eigenvalue weighted by molar-refractivity contribution is 6.17. The van der Waals surface area contributed by atoms with Crippen molar-refractivity contribution in [2.45, 2.75) is 0 Å². The Hall–Kier alpha value is -7.36. The van der Waals surface area contributed by atoms with Gasteiger partial charge in [-0.05, 0) is 95.4 Å². The first-order chi connectivity index (χ1) is 27.3. The van der Waals surface area contributed by atoms with E-state index in [0.29, 0.717) is 0 Å². The van der Waals surface area contributed by atoms with Gasteiger partial charge >= 0.3 is 0 Å². The molecule has 0 amide bonds. The number of benzene rings is 9. The first-order valence-corrected chi connectivity index (χ1v) is 18.9. The van der Waals surface area contributed by atoms with Crippen LogP contribution in [0.5, 0.6) is 0 Å². The molecule has 0 bridgehead atoms. The van der Waals surface area contributed by atoms with E-state index in [1.807, 2.05) is 0 Å². The Bertz CT molecular complexity index is 3180. The van der Waals surface area contributed by atoms with Gasteiger partial charge in [0.25, 0.3) is 0 Å². The smallest absolute Gasteiger partial charge is 0.0547 e. The van der Waals surface area contributed by atoms with Crippen LogP contribution in [0, 0.1) is 0 Å². The molecular formula is C52H35N3. The van der Waals surface area contributed by atoms with Crippen LogP contribution in [-0.2, 0) is 0 Å². The van der Waals surface area contributed by atoms with Crippen molar-refractivity contribution in [1.82, 2.24) is 9.13 Å². The molecule has 0 N–H and O–H groups in total. The lowest BCUT2D eigenvalue weighted by Gasteiger charge is -2.27. The van der Waals surface area contributed by atoms with Crippen LogP contribution in [0.25, 0.3) is 76.9 Å². The summed E-state index contributed by atoms with van der Waals surface area (Å²) in [5, 5.41) is 7.45. The maximum Gasteiger partial charge on any atom is 0.0547 e. The molecule has 11 aromatic rings. The Balaban J connectivity index is 1.08. The van der Waals surface area contributed by atoms with Gasteiger partial charge in [0, 0.05) is 49.7 Å². The van der Waals surface area contributed by atoms with Gasteiger partial charge in [0.15, 0.2) is 0 Å². The lowest BCUT2D eigenvalue weighted by atomic mass is 9.98. The lowest BCUT2D eigenvalue weighted by molar-refractivity contribution is 1.17. The first kappa shape index (κ1) is 31.2. The highest BCUT2D eigenvalue weighted by Gasteiger charge is 2.20. The highest BCUT2D eigenvalue weighted by Crippen LogP contribution is 2.43. The van der Waals surface area contributed by atoms with Gasteiger partial charge in [-0.1, -0.05) is 133 Å². The Morgan fingerprint density at radius 3 is 1.67 bits per heavy atom. The average molecular weight is 702 g/mol. The molecule has 0 fully saturated rings. The fourth-order valence-electron chi connectivity index (χ4n) is 8.69. The number of hydrogen-bond donors (Lipinski definition) is 0. The number of nitrogens with zero attached hydrogens (tertiary/aromatic N) is 3. The summed E-state index contributed by atoms with van der Waals surface area (Å²) in [7, 11) is 0. The molecule has 9 aromatic carbocycles. The summed E-state index contributed by atoms with van der Waals surface area (Å²) in [6.07, 6.45) is 0. The van der Waals surface area contributed by atoms with E-state index >= 15 is 0 Å². The maximum atomic E-state index is 2.42. The van der Waals surface area contributed by atoms with Gasteiger partial charge in [-0.3, -0.25) is 0 Å². The highest BCUT2D eigenvalue weighted by atomic mass is 15.1. The van der Waals surface area contributed by atoms with Crippen molar-refractivity contribution in [1.29, 1.82) is 0 Å². The minimum atomic E-state index is 1.11. The van der Waals surface area contributed by atoms with Crippen molar-refractivity contribution >= 4 is 71.4 Å². The van der Waals surface area contributed by atoms with Crippen LogP contribution in [0.15, 0.2) is 212 Å². The predicted octanol–water partition coefficient (Wildman–Crippen LogP) is 14.2. The molecule has 0 aliphatic rings. The van der Waals surface area contributed by atoms with Crippen molar-refractivity contribution in [3.63, 3.8) is 0 Å². The summed E-state index contributed by atoms with van der Waals surface area (Å²) in [5.41, 5.74) is 12.9. The fourth-order valence-corrected chi connectivity index (χ4v) is 8.69. The molecule has 0 atom stereocenters. The van der Waals surface area contributed by atoms with Crippen LogP contribution in [0.1, 0.15) is 0 Å². The van der Waals surface area contributed by atoms with Gasteiger partial charge in [-0.2, -0.15) is 0 Å². The van der Waals surface area contributed by atoms with Gasteiger partial charge in [-0.15, -0.1) is 0 Å². The van der Waals surface area contributed by atoms with Crippen molar-refractivity contribution in [2.24, 2.45) is 0 Å². The lowest BCUT2D eigenvalue weighted by Crippen LogP contribution is -2.10. The van der Waals surface area contributed by atoms with Gasteiger partial charge in [0.1, 0.15) is 0 Å². The molecule has 0 saturated heterocycles. The van der Waals surface area contributed by atoms with Gasteiger partial charge in [0.05, 0.1) is 27.8 Å². The quantitative estimate of drug-likeness (QED) is 0.168. The number of hydrogen-bond acceptors (Lipinski definition) is 1. The van der Waals surface area contributed by atoms with Crippen LogP contribution in [0.2, 0.25) is 0 Å². The van der Waals surface area contributed by atoms with Crippen molar-refractivity contribution in [3.8, 4) is 22.5 Å². The SMILES string of the molecule is c1ccc(N(c2ccc(-n3c4ccccc4c4c(-c5ccc6c7ccccc7n(-c7ccccc7)c6c5)cccc43)cc2)c2cccc3ccccc23)cc1. The van der Waals surface area contributed by atoms with E-state index < -0.39 is 0 Å². The van der Waals surface area contributed by atoms with E-state index in [2.05, 4.69) is 226 Å². The molecule has 0 aliphatic heterocycles. The summed E-state index contributed by atoms with van der Waals surface area (Å²) < 4.78 is 4.82. The van der Waals surface area contributed by atoms with E-state index in [1.165, 1.54) is 65.5 Å². The Morgan fingerprint density at radius 2 is 0.873 bits per heavy atom. The van der Waals surface area contributed by atoms with Crippen LogP contribution < -0.4 is 4.90 Å². The fraction of sp³-hybridized carbons (Fsp3) is 0. The van der Waals surface area contributed by atoms with E-state index in [-0.39, 0.29) is 0 Å². The molecule has 0 spiro atoms. The Labute approximate surface area is 319 Å². The molecule has 3 nitrogen and oxygen atoms in total. The number of anilines is 3. The van der Waals surface area contributed by atoms with Crippen LogP contribution in [0.4, 0.5) is 17.1 Å². The number of aromatic nitrogens is 2. The molecule has 2 aromatic heterocycles. The van der Waals surface area contributed by atoms with Crippen molar-refractivity contribution < 1.29 is 0 Å². The standard InChI is InChI=1S/C52H35N3/c1-3-17-38(18-4-1)53(47-27-13-16-36-15-7-8-21-42(36)47)40-30-32-41(33-31-40)54-49-26-12-10-23-46(49)52-43(24-14-28-50(52)54)37-29-34-45-44-22-9-11-25-48(44)55(51(45)35-37)39-19-5-2-6-20-39/h1-35H. The van der Waals surface area contributed by atoms with E-state index in [4.69, 9.17) is 0 Å². The van der Waals surface area contributed by atoms with Crippen molar-refractivity contribution in [2.75, 3.05) is 4.90 Å². The molecule has 55 heavy (non-hydrogen) atoms. The van der Waals surface area contributed by atoms with Crippen LogP contribution >= 0.6 is 0 Å². The van der Waals surface area contributed by atoms with Crippen molar-refractivity contribution in [3.05, 3.63) is 212 Å². The van der Waals surface area contributed by atoms with E-state index in [0.717, 1.165) is 28.4 Å². The zero-order chi connectivity index (χ0) is 36.3. The molecule has 0 aliphatic carbocycles. The number of rotatable bonds is 6. The summed E-state index contributed by atoms with van der Waals surface area (Å²) in [4.78, 5) is 2.36. The zero-order valence-corrected chi connectivity index (χ0v) is 30.0. The predicted molar refractivity (Wildman–Crippen MR) is 233 cm³/mol. The summed E-state index contributed by atoms with van der Waals surface area (Å²) >= 11 is 0. The topological polar surface area (TPSA) is 13.1 Å². The van der Waals surface area contributed by atoms with E-state index in [9.17, 15) is 0 Å². The second-order valence-corrected chi connectivity index (χ2v) is 14.2. The molecule has 2 heterocycles. The van der Waals surface area contributed by atoms with E-state index in [1.54, 1.807) is 0 Å². The maximum absolute atomic E-state index is 2.42. The molecule has 11 rings (SSSR count). The molecule has 0 radical (unpaired) electrons. The third-order valence-electron chi connectivity index (χ3n) is 11.1. The third kappa shape index (κ3) is 4.98. The normalized spacial score (nSPS) is 11.6. The number of fused-ring (bicyclic) bond motifs is 7. The average Bonchev–Trinajstić information content (AvgIpc) is 3.78.